The fraction of sp³-hybridized carbons (Fsp3) is 0.647. The summed E-state index contributed by atoms with van der Waals surface area (Å²) in [7, 11) is 1.93. The van der Waals surface area contributed by atoms with Crippen LogP contribution in [-0.2, 0) is 18.4 Å². The summed E-state index contributed by atoms with van der Waals surface area (Å²) in [5, 5.41) is 12.7. The van der Waals surface area contributed by atoms with Crippen molar-refractivity contribution in [1.29, 1.82) is 5.26 Å². The molecule has 3 rings (SSSR count). The molecule has 1 aromatic heterocycles. The first-order valence-corrected chi connectivity index (χ1v) is 8.17. The number of hydrogen-bond acceptors (Lipinski definition) is 3. The lowest BCUT2D eigenvalue weighted by atomic mass is 10.0. The third kappa shape index (κ3) is 3.02. The largest absolute Gasteiger partial charge is 0.342 e. The van der Waals surface area contributed by atoms with E-state index in [1.54, 1.807) is 0 Å². The van der Waals surface area contributed by atoms with Crippen molar-refractivity contribution in [3.63, 3.8) is 0 Å². The van der Waals surface area contributed by atoms with Crippen molar-refractivity contribution >= 4 is 5.91 Å². The number of nitrogens with zero attached hydrogens (tertiary/aromatic N) is 3. The second kappa shape index (κ2) is 6.13. The standard InChI is InChI=1S/C17H24N4O/c1-12-14(9-16(10-18)20(12)2)11-19-15-5-7-21(8-6-15)17(22)13-3-4-13/h9,13,15,19H,3-8,11H2,1-2H3. The van der Waals surface area contributed by atoms with Gasteiger partial charge in [0.05, 0.1) is 0 Å². The van der Waals surface area contributed by atoms with Crippen LogP contribution in [0.4, 0.5) is 0 Å². The van der Waals surface area contributed by atoms with E-state index in [0.29, 0.717) is 23.6 Å². The first-order valence-electron chi connectivity index (χ1n) is 8.17. The maximum atomic E-state index is 12.0. The molecule has 0 bridgehead atoms. The number of aromatic nitrogens is 1. The SMILES string of the molecule is Cc1c(CNC2CCN(C(=O)C3CC3)CC2)cc(C#N)n1C. The van der Waals surface area contributed by atoms with E-state index in [1.807, 2.05) is 22.6 Å². The molecular weight excluding hydrogens is 276 g/mol. The first kappa shape index (κ1) is 15.1. The van der Waals surface area contributed by atoms with Crippen LogP contribution in [0.5, 0.6) is 0 Å². The van der Waals surface area contributed by atoms with Gasteiger partial charge in [-0.2, -0.15) is 5.26 Å². The molecule has 2 fully saturated rings. The lowest BCUT2D eigenvalue weighted by Gasteiger charge is -2.32. The number of carbonyl (C=O) groups excluding carboxylic acids is 1. The third-order valence-electron chi connectivity index (χ3n) is 5.07. The third-order valence-corrected chi connectivity index (χ3v) is 5.07. The van der Waals surface area contributed by atoms with Gasteiger partial charge in [-0.25, -0.2) is 0 Å². The Balaban J connectivity index is 1.49. The number of nitriles is 1. The lowest BCUT2D eigenvalue weighted by Crippen LogP contribution is -2.45. The molecule has 0 aromatic carbocycles. The Morgan fingerprint density at radius 1 is 1.36 bits per heavy atom. The summed E-state index contributed by atoms with van der Waals surface area (Å²) in [4.78, 5) is 14.1. The van der Waals surface area contributed by atoms with Crippen LogP contribution in [0, 0.1) is 24.2 Å². The van der Waals surface area contributed by atoms with Crippen LogP contribution >= 0.6 is 0 Å². The molecule has 1 aliphatic heterocycles. The summed E-state index contributed by atoms with van der Waals surface area (Å²) in [6, 6.07) is 4.65. The highest BCUT2D eigenvalue weighted by Gasteiger charge is 2.34. The zero-order valence-electron chi connectivity index (χ0n) is 13.4. The molecule has 0 atom stereocenters. The molecule has 5 heteroatoms. The van der Waals surface area contributed by atoms with Gasteiger partial charge in [0.2, 0.25) is 5.91 Å². The van der Waals surface area contributed by atoms with E-state index >= 15 is 0 Å². The average Bonchev–Trinajstić information content (AvgIpc) is 3.35. The number of piperidine rings is 1. The van der Waals surface area contributed by atoms with Crippen LogP contribution in [0.15, 0.2) is 6.07 Å². The van der Waals surface area contributed by atoms with Gasteiger partial charge >= 0.3 is 0 Å². The van der Waals surface area contributed by atoms with Gasteiger partial charge in [0, 0.05) is 44.3 Å². The second-order valence-electron chi connectivity index (χ2n) is 6.57. The van der Waals surface area contributed by atoms with E-state index in [4.69, 9.17) is 5.26 Å². The minimum atomic E-state index is 0.334. The van der Waals surface area contributed by atoms with Crippen molar-refractivity contribution in [2.75, 3.05) is 13.1 Å². The summed E-state index contributed by atoms with van der Waals surface area (Å²) in [6.45, 7) is 4.60. The quantitative estimate of drug-likeness (QED) is 0.920. The van der Waals surface area contributed by atoms with E-state index in [9.17, 15) is 4.79 Å². The molecule has 1 amide bonds. The topological polar surface area (TPSA) is 61.1 Å². The first-order chi connectivity index (χ1) is 10.6. The monoisotopic (exact) mass is 300 g/mol. The minimum Gasteiger partial charge on any atom is -0.342 e. The molecule has 1 aliphatic carbocycles. The fourth-order valence-electron chi connectivity index (χ4n) is 3.20. The summed E-state index contributed by atoms with van der Waals surface area (Å²) < 4.78 is 1.94. The predicted molar refractivity (Wildman–Crippen MR) is 84.0 cm³/mol. The van der Waals surface area contributed by atoms with Crippen molar-refractivity contribution in [3.05, 3.63) is 23.0 Å². The van der Waals surface area contributed by atoms with Gasteiger partial charge in [0.25, 0.3) is 0 Å². The van der Waals surface area contributed by atoms with Gasteiger partial charge in [0.15, 0.2) is 0 Å². The highest BCUT2D eigenvalue weighted by Crippen LogP contribution is 2.31. The molecule has 1 saturated heterocycles. The molecule has 5 nitrogen and oxygen atoms in total. The Hall–Kier alpha value is -1.80. The summed E-state index contributed by atoms with van der Waals surface area (Å²) in [5.74, 6) is 0.705. The smallest absolute Gasteiger partial charge is 0.225 e. The Morgan fingerprint density at radius 3 is 2.59 bits per heavy atom. The lowest BCUT2D eigenvalue weighted by molar-refractivity contribution is -0.133. The van der Waals surface area contributed by atoms with E-state index < -0.39 is 0 Å². The van der Waals surface area contributed by atoms with E-state index in [1.165, 1.54) is 5.56 Å². The highest BCUT2D eigenvalue weighted by molar-refractivity contribution is 5.81. The molecule has 2 heterocycles. The molecule has 1 N–H and O–H groups in total. The number of amides is 1. The van der Waals surface area contributed by atoms with Gasteiger partial charge in [0.1, 0.15) is 11.8 Å². The van der Waals surface area contributed by atoms with Gasteiger partial charge in [-0.1, -0.05) is 0 Å². The maximum absolute atomic E-state index is 12.0. The van der Waals surface area contributed by atoms with Crippen LogP contribution in [0.2, 0.25) is 0 Å². The summed E-state index contributed by atoms with van der Waals surface area (Å²) in [5.41, 5.74) is 3.04. The number of carbonyl (C=O) groups is 1. The predicted octanol–water partition coefficient (Wildman–Crippen LogP) is 1.70. The summed E-state index contributed by atoms with van der Waals surface area (Å²) >= 11 is 0. The number of nitrogens with one attached hydrogen (secondary N) is 1. The van der Waals surface area contributed by atoms with Crippen molar-refractivity contribution in [3.8, 4) is 6.07 Å². The Labute approximate surface area is 131 Å². The molecular formula is C17H24N4O. The summed E-state index contributed by atoms with van der Waals surface area (Å²) in [6.07, 6.45) is 4.22. The number of rotatable bonds is 4. The molecule has 22 heavy (non-hydrogen) atoms. The van der Waals surface area contributed by atoms with E-state index in [-0.39, 0.29) is 0 Å². The van der Waals surface area contributed by atoms with E-state index in [0.717, 1.165) is 51.0 Å². The second-order valence-corrected chi connectivity index (χ2v) is 6.57. The van der Waals surface area contributed by atoms with Crippen LogP contribution in [0.3, 0.4) is 0 Å². The molecule has 1 saturated carbocycles. The van der Waals surface area contributed by atoms with Gasteiger partial charge in [-0.3, -0.25) is 4.79 Å². The van der Waals surface area contributed by atoms with Crippen molar-refractivity contribution in [2.45, 2.75) is 45.2 Å². The number of likely N-dealkylation sites (tertiary alicyclic amines) is 1. The zero-order chi connectivity index (χ0) is 15.7. The molecule has 0 radical (unpaired) electrons. The average molecular weight is 300 g/mol. The number of hydrogen-bond donors (Lipinski definition) is 1. The van der Waals surface area contributed by atoms with Gasteiger partial charge < -0.3 is 14.8 Å². The highest BCUT2D eigenvalue weighted by atomic mass is 16.2. The van der Waals surface area contributed by atoms with Gasteiger partial charge in [-0.15, -0.1) is 0 Å². The zero-order valence-corrected chi connectivity index (χ0v) is 13.4. The molecule has 118 valence electrons. The van der Waals surface area contributed by atoms with Crippen molar-refractivity contribution < 1.29 is 4.79 Å². The van der Waals surface area contributed by atoms with Crippen molar-refractivity contribution in [2.24, 2.45) is 13.0 Å². The fourth-order valence-corrected chi connectivity index (χ4v) is 3.20. The molecule has 2 aliphatic rings. The van der Waals surface area contributed by atoms with Crippen LogP contribution in [0.25, 0.3) is 0 Å². The molecule has 0 unspecified atom stereocenters. The molecule has 1 aromatic rings. The van der Waals surface area contributed by atoms with Crippen molar-refractivity contribution in [1.82, 2.24) is 14.8 Å². The molecule has 0 spiro atoms. The van der Waals surface area contributed by atoms with Crippen LogP contribution in [0.1, 0.15) is 42.6 Å². The Kier molecular flexibility index (Phi) is 4.21. The Bertz CT molecular complexity index is 601. The Morgan fingerprint density at radius 2 is 2.05 bits per heavy atom. The van der Waals surface area contributed by atoms with E-state index in [2.05, 4.69) is 18.3 Å². The van der Waals surface area contributed by atoms with Crippen LogP contribution < -0.4 is 5.32 Å². The van der Waals surface area contributed by atoms with Gasteiger partial charge in [-0.05, 0) is 44.2 Å². The maximum Gasteiger partial charge on any atom is 0.225 e. The normalized spacial score (nSPS) is 19.2. The van der Waals surface area contributed by atoms with Crippen LogP contribution in [-0.4, -0.2) is 34.5 Å². The minimum absolute atomic E-state index is 0.334.